The van der Waals surface area contributed by atoms with Gasteiger partial charge in [-0.25, -0.2) is 4.98 Å². The summed E-state index contributed by atoms with van der Waals surface area (Å²) in [6.07, 6.45) is -3.01. The molecule has 0 bridgehead atoms. The Morgan fingerprint density at radius 1 is 1.39 bits per heavy atom. The van der Waals surface area contributed by atoms with Gasteiger partial charge in [0.05, 0.1) is 12.0 Å². The SMILES string of the molecule is NC(=S)c1cn([C@@H]2O[C@H](CO)[C@@H](O)[C@H]2O)c2nc(Cl)nc(N)c12. The van der Waals surface area contributed by atoms with Crippen molar-refractivity contribution in [2.24, 2.45) is 5.73 Å². The second-order valence-electron chi connectivity index (χ2n) is 5.12. The number of aromatic nitrogens is 3. The van der Waals surface area contributed by atoms with Gasteiger partial charge in [-0.2, -0.15) is 4.98 Å². The van der Waals surface area contributed by atoms with Gasteiger partial charge in [0, 0.05) is 11.8 Å². The Morgan fingerprint density at radius 3 is 2.65 bits per heavy atom. The number of aliphatic hydroxyl groups is 3. The van der Waals surface area contributed by atoms with E-state index in [9.17, 15) is 15.3 Å². The third-order valence-electron chi connectivity index (χ3n) is 3.73. The zero-order valence-corrected chi connectivity index (χ0v) is 13.2. The Morgan fingerprint density at radius 2 is 2.09 bits per heavy atom. The molecule has 3 heterocycles. The summed E-state index contributed by atoms with van der Waals surface area (Å²) in [4.78, 5) is 8.00. The minimum absolute atomic E-state index is 0.0538. The summed E-state index contributed by atoms with van der Waals surface area (Å²) in [5, 5.41) is 29.6. The van der Waals surface area contributed by atoms with Crippen LogP contribution in [0, 0.1) is 0 Å². The fourth-order valence-corrected chi connectivity index (χ4v) is 2.96. The third kappa shape index (κ3) is 2.53. The zero-order valence-electron chi connectivity index (χ0n) is 11.6. The first kappa shape index (κ1) is 16.3. The van der Waals surface area contributed by atoms with Crippen LogP contribution in [0.1, 0.15) is 11.8 Å². The summed E-state index contributed by atoms with van der Waals surface area (Å²) in [5.74, 6) is 0.0771. The van der Waals surface area contributed by atoms with Gasteiger partial charge in [0.25, 0.3) is 0 Å². The molecule has 0 amide bonds. The number of fused-ring (bicyclic) bond motifs is 1. The minimum Gasteiger partial charge on any atom is -0.394 e. The summed E-state index contributed by atoms with van der Waals surface area (Å²) in [6.45, 7) is -0.450. The number of nitrogens with zero attached hydrogens (tertiary/aromatic N) is 3. The number of ether oxygens (including phenoxy) is 1. The van der Waals surface area contributed by atoms with E-state index in [2.05, 4.69) is 9.97 Å². The number of anilines is 1. The highest BCUT2D eigenvalue weighted by atomic mass is 35.5. The van der Waals surface area contributed by atoms with Crippen molar-refractivity contribution in [2.75, 3.05) is 12.3 Å². The molecule has 0 aromatic carbocycles. The van der Waals surface area contributed by atoms with Gasteiger partial charge in [-0.1, -0.05) is 12.2 Å². The Labute approximate surface area is 140 Å². The second kappa shape index (κ2) is 5.82. The molecule has 3 rings (SSSR count). The van der Waals surface area contributed by atoms with E-state index >= 15 is 0 Å². The van der Waals surface area contributed by atoms with Gasteiger partial charge in [-0.3, -0.25) is 0 Å². The van der Waals surface area contributed by atoms with Crippen LogP contribution in [0.5, 0.6) is 0 Å². The predicted octanol–water partition coefficient (Wildman–Crippen LogP) is -1.09. The fourth-order valence-electron chi connectivity index (χ4n) is 2.64. The van der Waals surface area contributed by atoms with Gasteiger partial charge in [0.15, 0.2) is 6.23 Å². The highest BCUT2D eigenvalue weighted by molar-refractivity contribution is 7.80. The molecule has 11 heteroatoms. The molecule has 1 fully saturated rings. The van der Waals surface area contributed by atoms with Gasteiger partial charge >= 0.3 is 0 Å². The first-order chi connectivity index (χ1) is 10.8. The van der Waals surface area contributed by atoms with E-state index in [0.717, 1.165) is 0 Å². The van der Waals surface area contributed by atoms with Crippen molar-refractivity contribution in [3.8, 4) is 0 Å². The molecule has 1 aliphatic heterocycles. The van der Waals surface area contributed by atoms with E-state index in [1.807, 2.05) is 0 Å². The lowest BCUT2D eigenvalue weighted by Gasteiger charge is -2.17. The van der Waals surface area contributed by atoms with Crippen molar-refractivity contribution in [1.82, 2.24) is 14.5 Å². The van der Waals surface area contributed by atoms with Crippen molar-refractivity contribution in [3.05, 3.63) is 17.0 Å². The maximum atomic E-state index is 10.2. The number of hydrogen-bond donors (Lipinski definition) is 5. The van der Waals surface area contributed by atoms with E-state index < -0.39 is 31.1 Å². The first-order valence-corrected chi connectivity index (χ1v) is 7.39. The molecular formula is C12H14ClN5O4S. The Kier molecular flexibility index (Phi) is 4.12. The van der Waals surface area contributed by atoms with Crippen LogP contribution in [0.15, 0.2) is 6.20 Å². The predicted molar refractivity (Wildman–Crippen MR) is 85.8 cm³/mol. The fraction of sp³-hybridized carbons (Fsp3) is 0.417. The molecule has 124 valence electrons. The minimum atomic E-state index is -1.29. The van der Waals surface area contributed by atoms with E-state index in [0.29, 0.717) is 10.9 Å². The molecule has 0 radical (unpaired) electrons. The summed E-state index contributed by atoms with van der Waals surface area (Å²) in [5.41, 5.74) is 12.2. The van der Waals surface area contributed by atoms with Crippen LogP contribution in [-0.2, 0) is 4.74 Å². The molecule has 1 saturated heterocycles. The maximum absolute atomic E-state index is 10.2. The van der Waals surface area contributed by atoms with Gasteiger partial charge in [0.2, 0.25) is 5.28 Å². The van der Waals surface area contributed by atoms with Crippen LogP contribution in [0.4, 0.5) is 5.82 Å². The molecule has 4 atom stereocenters. The van der Waals surface area contributed by atoms with Crippen LogP contribution in [0.2, 0.25) is 5.28 Å². The molecule has 0 aliphatic carbocycles. The quantitative estimate of drug-likeness (QED) is 0.340. The van der Waals surface area contributed by atoms with Crippen LogP contribution < -0.4 is 11.5 Å². The summed E-state index contributed by atoms with van der Waals surface area (Å²) >= 11 is 10.8. The van der Waals surface area contributed by atoms with Crippen LogP contribution >= 0.6 is 23.8 Å². The number of halogens is 1. The molecular weight excluding hydrogens is 346 g/mol. The first-order valence-electron chi connectivity index (χ1n) is 6.61. The van der Waals surface area contributed by atoms with Crippen molar-refractivity contribution in [1.29, 1.82) is 0 Å². The topological polar surface area (TPSA) is 153 Å². The number of nitrogens with two attached hydrogens (primary N) is 2. The molecule has 2 aromatic rings. The van der Waals surface area contributed by atoms with E-state index in [-0.39, 0.29) is 21.7 Å². The summed E-state index contributed by atoms with van der Waals surface area (Å²) < 4.78 is 6.90. The van der Waals surface area contributed by atoms with E-state index in [1.165, 1.54) is 10.8 Å². The Bertz CT molecular complexity index is 784. The lowest BCUT2D eigenvalue weighted by atomic mass is 10.1. The summed E-state index contributed by atoms with van der Waals surface area (Å²) in [6, 6.07) is 0. The molecule has 2 aromatic heterocycles. The number of nitrogen functional groups attached to an aromatic ring is 1. The van der Waals surface area contributed by atoms with Crippen LogP contribution in [0.25, 0.3) is 11.0 Å². The molecule has 0 saturated carbocycles. The monoisotopic (exact) mass is 359 g/mol. The molecule has 23 heavy (non-hydrogen) atoms. The number of aliphatic hydroxyl groups excluding tert-OH is 3. The van der Waals surface area contributed by atoms with Crippen molar-refractivity contribution < 1.29 is 20.1 Å². The highest BCUT2D eigenvalue weighted by Crippen LogP contribution is 2.35. The number of thiocarbonyl (C=S) groups is 1. The van der Waals surface area contributed by atoms with Crippen LogP contribution in [0.3, 0.4) is 0 Å². The highest BCUT2D eigenvalue weighted by Gasteiger charge is 2.44. The third-order valence-corrected chi connectivity index (χ3v) is 4.12. The molecule has 0 spiro atoms. The van der Waals surface area contributed by atoms with Gasteiger partial charge in [-0.15, -0.1) is 0 Å². The van der Waals surface area contributed by atoms with Gasteiger partial charge in [-0.05, 0) is 11.6 Å². The number of rotatable bonds is 3. The molecule has 0 unspecified atom stereocenters. The molecule has 9 nitrogen and oxygen atoms in total. The zero-order chi connectivity index (χ0) is 16.9. The van der Waals surface area contributed by atoms with Crippen molar-refractivity contribution in [2.45, 2.75) is 24.5 Å². The van der Waals surface area contributed by atoms with Gasteiger partial charge < -0.3 is 36.1 Å². The Hall–Kier alpha value is -1.56. The lowest BCUT2D eigenvalue weighted by molar-refractivity contribution is -0.0508. The van der Waals surface area contributed by atoms with E-state index in [4.69, 9.17) is 40.0 Å². The van der Waals surface area contributed by atoms with Crippen molar-refractivity contribution in [3.63, 3.8) is 0 Å². The summed E-state index contributed by atoms with van der Waals surface area (Å²) in [7, 11) is 0. The largest absolute Gasteiger partial charge is 0.394 e. The standard InChI is InChI=1S/C12H14ClN5O4S/c13-12-16-8(14)5-3(9(15)23)1-18(10(5)17-12)11-7(21)6(20)4(2-19)22-11/h1,4,6-7,11,19-21H,2H2,(H2,15,23)(H2,14,16,17)/t4-,6-,7-,11-/m1/s1. The molecule has 1 aliphatic rings. The second-order valence-corrected chi connectivity index (χ2v) is 5.90. The maximum Gasteiger partial charge on any atom is 0.226 e. The van der Waals surface area contributed by atoms with Gasteiger partial charge in [0.1, 0.15) is 34.8 Å². The van der Waals surface area contributed by atoms with Crippen molar-refractivity contribution >= 4 is 45.7 Å². The van der Waals surface area contributed by atoms with Crippen LogP contribution in [-0.4, -0.2) is 59.8 Å². The van der Waals surface area contributed by atoms with E-state index in [1.54, 1.807) is 0 Å². The smallest absolute Gasteiger partial charge is 0.226 e. The normalized spacial score (nSPS) is 27.7. The average Bonchev–Trinajstić information content (AvgIpc) is 2.99. The number of hydrogen-bond acceptors (Lipinski definition) is 8. The Balaban J connectivity index is 2.20. The average molecular weight is 360 g/mol. The lowest BCUT2D eigenvalue weighted by Crippen LogP contribution is -2.33. The molecule has 7 N–H and O–H groups in total.